The fourth-order valence-corrected chi connectivity index (χ4v) is 4.99. The van der Waals surface area contributed by atoms with Gasteiger partial charge in [-0.05, 0) is 49.2 Å². The molecule has 2 fully saturated rings. The van der Waals surface area contributed by atoms with Gasteiger partial charge in [0.15, 0.2) is 0 Å². The van der Waals surface area contributed by atoms with Crippen molar-refractivity contribution < 1.29 is 9.53 Å². The molecule has 0 aliphatic carbocycles. The van der Waals surface area contributed by atoms with E-state index in [0.717, 1.165) is 42.8 Å². The number of morpholine rings is 1. The Morgan fingerprint density at radius 1 is 0.939 bits per heavy atom. The predicted octanol–water partition coefficient (Wildman–Crippen LogP) is 4.30. The number of fused-ring (bicyclic) bond motifs is 1. The average Bonchev–Trinajstić information content (AvgIpc) is 2.85. The van der Waals surface area contributed by atoms with Crippen LogP contribution in [0.5, 0.6) is 0 Å². The van der Waals surface area contributed by atoms with Crippen LogP contribution in [0, 0.1) is 13.8 Å². The quantitative estimate of drug-likeness (QED) is 0.578. The van der Waals surface area contributed by atoms with Crippen LogP contribution in [0.1, 0.15) is 21.5 Å². The van der Waals surface area contributed by atoms with E-state index < -0.39 is 0 Å². The standard InChI is InChI=1S/C26H29ClN4O2/c1-18-3-4-19(2)24(15-18)29-7-9-30(10-8-29)25-21-16-20(27)5-6-23(21)28-17-22(25)26(32)31-11-13-33-14-12-31/h3-6,15-17H,7-14H2,1-2H3. The first kappa shape index (κ1) is 22.0. The minimum absolute atomic E-state index is 0.0135. The highest BCUT2D eigenvalue weighted by molar-refractivity contribution is 6.31. The Morgan fingerprint density at radius 2 is 1.67 bits per heavy atom. The van der Waals surface area contributed by atoms with E-state index in [4.69, 9.17) is 16.3 Å². The van der Waals surface area contributed by atoms with Gasteiger partial charge >= 0.3 is 0 Å². The van der Waals surface area contributed by atoms with Gasteiger partial charge in [0, 0.05) is 61.6 Å². The number of ether oxygens (including phenoxy) is 1. The van der Waals surface area contributed by atoms with Crippen LogP contribution in [0.4, 0.5) is 11.4 Å². The van der Waals surface area contributed by atoms with Crippen molar-refractivity contribution in [3.8, 4) is 0 Å². The van der Waals surface area contributed by atoms with Gasteiger partial charge in [0.1, 0.15) is 0 Å². The SMILES string of the molecule is Cc1ccc(C)c(N2CCN(c3c(C(=O)N4CCOCC4)cnc4ccc(Cl)cc34)CC2)c1. The van der Waals surface area contributed by atoms with Gasteiger partial charge in [-0.2, -0.15) is 0 Å². The van der Waals surface area contributed by atoms with Crippen molar-refractivity contribution in [2.45, 2.75) is 13.8 Å². The molecule has 0 spiro atoms. The Kier molecular flexibility index (Phi) is 6.13. The lowest BCUT2D eigenvalue weighted by atomic mass is 10.0. The lowest BCUT2D eigenvalue weighted by molar-refractivity contribution is 0.0303. The summed E-state index contributed by atoms with van der Waals surface area (Å²) in [5, 5.41) is 1.58. The second-order valence-corrected chi connectivity index (χ2v) is 9.29. The number of pyridine rings is 1. The Labute approximate surface area is 199 Å². The summed E-state index contributed by atoms with van der Waals surface area (Å²) in [4.78, 5) is 24.8. The number of nitrogens with zero attached hydrogens (tertiary/aromatic N) is 4. The molecular formula is C26H29ClN4O2. The Morgan fingerprint density at radius 3 is 2.42 bits per heavy atom. The van der Waals surface area contributed by atoms with Crippen LogP contribution in [0.25, 0.3) is 10.9 Å². The van der Waals surface area contributed by atoms with Gasteiger partial charge in [0.05, 0.1) is 30.0 Å². The number of carbonyl (C=O) groups is 1. The zero-order chi connectivity index (χ0) is 22.9. The zero-order valence-electron chi connectivity index (χ0n) is 19.2. The summed E-state index contributed by atoms with van der Waals surface area (Å²) < 4.78 is 5.45. The fraction of sp³-hybridized carbons (Fsp3) is 0.385. The van der Waals surface area contributed by atoms with Crippen LogP contribution >= 0.6 is 11.6 Å². The Balaban J connectivity index is 1.49. The third-order valence-electron chi connectivity index (χ3n) is 6.63. The van der Waals surface area contributed by atoms with Crippen molar-refractivity contribution >= 4 is 39.8 Å². The van der Waals surface area contributed by atoms with Crippen LogP contribution in [0.15, 0.2) is 42.6 Å². The van der Waals surface area contributed by atoms with E-state index in [0.29, 0.717) is 36.9 Å². The van der Waals surface area contributed by atoms with Gasteiger partial charge in [-0.25, -0.2) is 0 Å². The molecule has 1 amide bonds. The number of rotatable bonds is 3. The summed E-state index contributed by atoms with van der Waals surface area (Å²) in [6.07, 6.45) is 1.74. The van der Waals surface area contributed by atoms with Crippen molar-refractivity contribution in [1.82, 2.24) is 9.88 Å². The maximum Gasteiger partial charge on any atom is 0.257 e. The van der Waals surface area contributed by atoms with Gasteiger partial charge in [-0.15, -0.1) is 0 Å². The lowest BCUT2D eigenvalue weighted by Gasteiger charge is -2.39. The maximum absolute atomic E-state index is 13.5. The molecule has 0 atom stereocenters. The van der Waals surface area contributed by atoms with Gasteiger partial charge in [0.25, 0.3) is 5.91 Å². The number of piperazine rings is 1. The van der Waals surface area contributed by atoms with Crippen LogP contribution in [-0.2, 0) is 4.74 Å². The molecule has 0 N–H and O–H groups in total. The number of aryl methyl sites for hydroxylation is 2. The van der Waals surface area contributed by atoms with E-state index in [1.165, 1.54) is 16.8 Å². The second-order valence-electron chi connectivity index (χ2n) is 8.85. The fourth-order valence-electron chi connectivity index (χ4n) is 4.82. The summed E-state index contributed by atoms with van der Waals surface area (Å²) in [6.45, 7) is 10.1. The minimum atomic E-state index is 0.0135. The van der Waals surface area contributed by atoms with E-state index in [1.54, 1.807) is 6.20 Å². The molecule has 0 saturated carbocycles. The first-order valence-electron chi connectivity index (χ1n) is 11.5. The zero-order valence-corrected chi connectivity index (χ0v) is 19.9. The van der Waals surface area contributed by atoms with E-state index in [-0.39, 0.29) is 5.91 Å². The lowest BCUT2D eigenvalue weighted by Crippen LogP contribution is -2.48. The van der Waals surface area contributed by atoms with Crippen LogP contribution in [0.3, 0.4) is 0 Å². The molecule has 0 bridgehead atoms. The Bertz CT molecular complexity index is 1180. The smallest absolute Gasteiger partial charge is 0.257 e. The molecule has 33 heavy (non-hydrogen) atoms. The number of benzene rings is 2. The summed E-state index contributed by atoms with van der Waals surface area (Å²) >= 11 is 6.38. The highest BCUT2D eigenvalue weighted by Crippen LogP contribution is 2.34. The van der Waals surface area contributed by atoms with Crippen LogP contribution < -0.4 is 9.80 Å². The van der Waals surface area contributed by atoms with Gasteiger partial charge in [0.2, 0.25) is 0 Å². The first-order chi connectivity index (χ1) is 16.0. The monoisotopic (exact) mass is 464 g/mol. The predicted molar refractivity (Wildman–Crippen MR) is 134 cm³/mol. The second kappa shape index (κ2) is 9.20. The molecule has 2 saturated heterocycles. The number of amides is 1. The number of halogens is 1. The van der Waals surface area contributed by atoms with E-state index in [9.17, 15) is 4.79 Å². The molecule has 0 radical (unpaired) electrons. The molecular weight excluding hydrogens is 436 g/mol. The Hall–Kier alpha value is -2.83. The van der Waals surface area contributed by atoms with Crippen molar-refractivity contribution in [3.05, 3.63) is 64.3 Å². The molecule has 2 aliphatic rings. The van der Waals surface area contributed by atoms with Crippen LogP contribution in [0.2, 0.25) is 5.02 Å². The number of hydrogen-bond donors (Lipinski definition) is 0. The van der Waals surface area contributed by atoms with Gasteiger partial charge in [-0.1, -0.05) is 23.7 Å². The molecule has 7 heteroatoms. The topological polar surface area (TPSA) is 48.9 Å². The van der Waals surface area contributed by atoms with Crippen molar-refractivity contribution in [1.29, 1.82) is 0 Å². The van der Waals surface area contributed by atoms with Crippen molar-refractivity contribution in [3.63, 3.8) is 0 Å². The third kappa shape index (κ3) is 4.37. The normalized spacial score (nSPS) is 17.0. The number of anilines is 2. The molecule has 1 aromatic heterocycles. The van der Waals surface area contributed by atoms with Gasteiger partial charge < -0.3 is 19.4 Å². The molecule has 172 valence electrons. The summed E-state index contributed by atoms with van der Waals surface area (Å²) in [6, 6.07) is 12.3. The molecule has 2 aliphatic heterocycles. The molecule has 5 rings (SSSR count). The summed E-state index contributed by atoms with van der Waals surface area (Å²) in [5.41, 5.74) is 6.29. The first-order valence-corrected chi connectivity index (χ1v) is 11.9. The molecule has 6 nitrogen and oxygen atoms in total. The van der Waals surface area contributed by atoms with Crippen LogP contribution in [-0.4, -0.2) is 68.3 Å². The molecule has 2 aromatic carbocycles. The van der Waals surface area contributed by atoms with Crippen molar-refractivity contribution in [2.24, 2.45) is 0 Å². The minimum Gasteiger partial charge on any atom is -0.378 e. The van der Waals surface area contributed by atoms with E-state index in [1.807, 2.05) is 23.1 Å². The highest BCUT2D eigenvalue weighted by atomic mass is 35.5. The summed E-state index contributed by atoms with van der Waals surface area (Å²) in [7, 11) is 0. The average molecular weight is 465 g/mol. The molecule has 3 aromatic rings. The highest BCUT2D eigenvalue weighted by Gasteiger charge is 2.28. The van der Waals surface area contributed by atoms with Crippen molar-refractivity contribution in [2.75, 3.05) is 62.3 Å². The molecule has 0 unspecified atom stereocenters. The third-order valence-corrected chi connectivity index (χ3v) is 6.87. The van der Waals surface area contributed by atoms with E-state index in [2.05, 4.69) is 46.8 Å². The van der Waals surface area contributed by atoms with E-state index >= 15 is 0 Å². The number of aromatic nitrogens is 1. The molecule has 3 heterocycles. The largest absolute Gasteiger partial charge is 0.378 e. The maximum atomic E-state index is 13.5. The number of hydrogen-bond acceptors (Lipinski definition) is 5. The van der Waals surface area contributed by atoms with Gasteiger partial charge in [-0.3, -0.25) is 9.78 Å². The summed E-state index contributed by atoms with van der Waals surface area (Å²) in [5.74, 6) is 0.0135. The number of carbonyl (C=O) groups excluding carboxylic acids is 1.